The molecule has 2 rings (SSSR count). The Morgan fingerprint density at radius 2 is 2.11 bits per heavy atom. The molecule has 0 radical (unpaired) electrons. The van der Waals surface area contributed by atoms with Crippen molar-refractivity contribution in [3.8, 4) is 6.07 Å². The first-order valence-corrected chi connectivity index (χ1v) is 6.35. The van der Waals surface area contributed by atoms with Gasteiger partial charge in [-0.05, 0) is 25.1 Å². The molecule has 4 heteroatoms. The molecule has 0 aliphatic heterocycles. The zero-order chi connectivity index (χ0) is 13.0. The fraction of sp³-hybridized carbons (Fsp3) is 0.143. The van der Waals surface area contributed by atoms with Gasteiger partial charge in [0.05, 0.1) is 18.0 Å². The lowest BCUT2D eigenvalue weighted by molar-refractivity contribution is 0.783. The van der Waals surface area contributed by atoms with Crippen LogP contribution in [0.1, 0.15) is 12.6 Å². The van der Waals surface area contributed by atoms with E-state index in [-0.39, 0.29) is 0 Å². The molecule has 0 saturated carbocycles. The third kappa shape index (κ3) is 2.82. The summed E-state index contributed by atoms with van der Waals surface area (Å²) in [6.07, 6.45) is 3.62. The third-order valence-electron chi connectivity index (χ3n) is 2.47. The van der Waals surface area contributed by atoms with E-state index >= 15 is 0 Å². The molecule has 0 N–H and O–H groups in total. The van der Waals surface area contributed by atoms with E-state index in [9.17, 15) is 0 Å². The summed E-state index contributed by atoms with van der Waals surface area (Å²) >= 11 is 1.61. The topological polar surface area (TPSA) is 41.6 Å². The predicted molar refractivity (Wildman–Crippen MR) is 73.0 cm³/mol. The van der Waals surface area contributed by atoms with E-state index in [1.165, 1.54) is 0 Å². The molecule has 0 fully saturated rings. The van der Waals surface area contributed by atoms with Crippen molar-refractivity contribution >= 4 is 17.8 Å². The molecule has 0 spiro atoms. The van der Waals surface area contributed by atoms with Gasteiger partial charge in [-0.1, -0.05) is 30.0 Å². The van der Waals surface area contributed by atoms with Crippen LogP contribution in [-0.4, -0.2) is 9.55 Å². The molecule has 0 unspecified atom stereocenters. The van der Waals surface area contributed by atoms with Crippen LogP contribution in [0.5, 0.6) is 0 Å². The average molecular weight is 255 g/mol. The Kier molecular flexibility index (Phi) is 3.85. The Hall–Kier alpha value is -1.99. The van der Waals surface area contributed by atoms with Crippen LogP contribution >= 0.6 is 11.8 Å². The Bertz CT molecular complexity index is 606. The molecule has 3 nitrogen and oxygen atoms in total. The number of imidazole rings is 1. The van der Waals surface area contributed by atoms with Gasteiger partial charge in [-0.3, -0.25) is 0 Å². The standard InChI is InChI=1S/C14H13N3S/c1-11(9-15)8-12-10-16-14(17(12)2)18-13-6-4-3-5-7-13/h3-8,10H,1-2H3/b11-8-. The van der Waals surface area contributed by atoms with Gasteiger partial charge in [0.2, 0.25) is 0 Å². The second-order valence-electron chi connectivity index (χ2n) is 3.88. The van der Waals surface area contributed by atoms with Gasteiger partial charge >= 0.3 is 0 Å². The molecule has 1 aromatic heterocycles. The lowest BCUT2D eigenvalue weighted by atomic mass is 10.3. The molecule has 0 aliphatic rings. The Morgan fingerprint density at radius 1 is 1.39 bits per heavy atom. The fourth-order valence-corrected chi connectivity index (χ4v) is 2.33. The van der Waals surface area contributed by atoms with Crippen LogP contribution in [0.4, 0.5) is 0 Å². The molecule has 0 atom stereocenters. The van der Waals surface area contributed by atoms with E-state index in [0.29, 0.717) is 5.57 Å². The average Bonchev–Trinajstić information content (AvgIpc) is 2.73. The lowest BCUT2D eigenvalue weighted by Crippen LogP contribution is -1.93. The molecule has 18 heavy (non-hydrogen) atoms. The SMILES string of the molecule is C/C(C#N)=C/c1cnc(Sc2ccccc2)n1C. The quantitative estimate of drug-likeness (QED) is 0.788. The lowest BCUT2D eigenvalue weighted by Gasteiger charge is -2.03. The van der Waals surface area contributed by atoms with Crippen LogP contribution in [-0.2, 0) is 7.05 Å². The highest BCUT2D eigenvalue weighted by molar-refractivity contribution is 7.99. The predicted octanol–water partition coefficient (Wildman–Crippen LogP) is 3.50. The van der Waals surface area contributed by atoms with Crippen molar-refractivity contribution in [2.24, 2.45) is 7.05 Å². The summed E-state index contributed by atoms with van der Waals surface area (Å²) < 4.78 is 1.98. The molecular weight excluding hydrogens is 242 g/mol. The molecule has 2 aromatic rings. The van der Waals surface area contributed by atoms with Gasteiger partial charge in [0.25, 0.3) is 0 Å². The number of rotatable bonds is 3. The number of nitriles is 1. The first-order chi connectivity index (χ1) is 8.70. The Labute approximate surface area is 111 Å². The molecule has 0 amide bonds. The summed E-state index contributed by atoms with van der Waals surface area (Å²) in [7, 11) is 1.95. The summed E-state index contributed by atoms with van der Waals surface area (Å²) in [5.74, 6) is 0. The maximum absolute atomic E-state index is 8.78. The number of allylic oxidation sites excluding steroid dienone is 1. The molecule has 1 heterocycles. The van der Waals surface area contributed by atoms with E-state index < -0.39 is 0 Å². The minimum absolute atomic E-state index is 0.675. The molecule has 0 bridgehead atoms. The van der Waals surface area contributed by atoms with Crippen molar-refractivity contribution < 1.29 is 0 Å². The van der Waals surface area contributed by atoms with E-state index in [4.69, 9.17) is 5.26 Å². The molecule has 90 valence electrons. The largest absolute Gasteiger partial charge is 0.322 e. The van der Waals surface area contributed by atoms with Gasteiger partial charge in [-0.25, -0.2) is 4.98 Å². The van der Waals surface area contributed by atoms with Crippen LogP contribution in [0.25, 0.3) is 6.08 Å². The van der Waals surface area contributed by atoms with Gasteiger partial charge in [0.15, 0.2) is 5.16 Å². The molecular formula is C14H13N3S. The third-order valence-corrected chi connectivity index (χ3v) is 3.54. The fourth-order valence-electron chi connectivity index (χ4n) is 1.48. The van der Waals surface area contributed by atoms with Crippen LogP contribution in [0.15, 0.2) is 52.2 Å². The zero-order valence-corrected chi connectivity index (χ0v) is 11.1. The van der Waals surface area contributed by atoms with Crippen LogP contribution < -0.4 is 0 Å². The van der Waals surface area contributed by atoms with Gasteiger partial charge in [0, 0.05) is 17.5 Å². The van der Waals surface area contributed by atoms with Crippen LogP contribution in [0.2, 0.25) is 0 Å². The number of benzene rings is 1. The van der Waals surface area contributed by atoms with Crippen molar-refractivity contribution in [2.45, 2.75) is 17.0 Å². The van der Waals surface area contributed by atoms with E-state index in [1.807, 2.05) is 35.9 Å². The summed E-state index contributed by atoms with van der Waals surface area (Å²) in [6.45, 7) is 1.79. The highest BCUT2D eigenvalue weighted by atomic mass is 32.2. The highest BCUT2D eigenvalue weighted by Gasteiger charge is 2.06. The Morgan fingerprint density at radius 3 is 2.78 bits per heavy atom. The summed E-state index contributed by atoms with van der Waals surface area (Å²) in [5.41, 5.74) is 1.61. The van der Waals surface area contributed by atoms with Crippen molar-refractivity contribution in [2.75, 3.05) is 0 Å². The number of nitrogens with zero attached hydrogens (tertiary/aromatic N) is 3. The minimum atomic E-state index is 0.675. The van der Waals surface area contributed by atoms with Crippen molar-refractivity contribution in [3.05, 3.63) is 47.8 Å². The van der Waals surface area contributed by atoms with Crippen LogP contribution in [0.3, 0.4) is 0 Å². The summed E-state index contributed by atoms with van der Waals surface area (Å²) in [4.78, 5) is 5.52. The van der Waals surface area contributed by atoms with Crippen LogP contribution in [0, 0.1) is 11.3 Å². The maximum atomic E-state index is 8.78. The number of hydrogen-bond donors (Lipinski definition) is 0. The monoisotopic (exact) mass is 255 g/mol. The maximum Gasteiger partial charge on any atom is 0.173 e. The van der Waals surface area contributed by atoms with Crippen molar-refractivity contribution in [1.82, 2.24) is 9.55 Å². The molecule has 0 aliphatic carbocycles. The normalized spacial score (nSPS) is 11.3. The molecule has 0 saturated heterocycles. The number of hydrogen-bond acceptors (Lipinski definition) is 3. The van der Waals surface area contributed by atoms with Crippen molar-refractivity contribution in [3.63, 3.8) is 0 Å². The van der Waals surface area contributed by atoms with Gasteiger partial charge in [-0.2, -0.15) is 5.26 Å². The van der Waals surface area contributed by atoms with Gasteiger partial charge < -0.3 is 4.57 Å². The first kappa shape index (κ1) is 12.5. The van der Waals surface area contributed by atoms with E-state index in [2.05, 4.69) is 23.2 Å². The highest BCUT2D eigenvalue weighted by Crippen LogP contribution is 2.26. The van der Waals surface area contributed by atoms with Crippen molar-refractivity contribution in [1.29, 1.82) is 5.26 Å². The number of aromatic nitrogens is 2. The van der Waals surface area contributed by atoms with Gasteiger partial charge in [-0.15, -0.1) is 0 Å². The second-order valence-corrected chi connectivity index (χ2v) is 4.92. The first-order valence-electron chi connectivity index (χ1n) is 5.53. The Balaban J connectivity index is 2.25. The van der Waals surface area contributed by atoms with Gasteiger partial charge in [0.1, 0.15) is 0 Å². The molecule has 1 aromatic carbocycles. The zero-order valence-electron chi connectivity index (χ0n) is 10.3. The van der Waals surface area contributed by atoms with E-state index in [0.717, 1.165) is 15.7 Å². The van der Waals surface area contributed by atoms with E-state index in [1.54, 1.807) is 24.9 Å². The summed E-state index contributed by atoms with van der Waals surface area (Å²) in [6, 6.07) is 12.2. The summed E-state index contributed by atoms with van der Waals surface area (Å²) in [5, 5.41) is 9.69. The minimum Gasteiger partial charge on any atom is -0.322 e. The smallest absolute Gasteiger partial charge is 0.173 e. The second kappa shape index (κ2) is 5.56.